The lowest BCUT2D eigenvalue weighted by molar-refractivity contribution is -0.136. The van der Waals surface area contributed by atoms with Gasteiger partial charge in [0.25, 0.3) is 11.8 Å². The number of hydrogen-bond acceptors (Lipinski definition) is 5. The largest absolute Gasteiger partial charge is 0.484 e. The number of primary amides is 1. The number of nitrogens with zero attached hydrogens (tertiary/aromatic N) is 1. The number of amides is 2. The summed E-state index contributed by atoms with van der Waals surface area (Å²) in [6, 6.07) is 6.32. The standard InChI is InChI=1S/C19H26N2O5/c1-13-3-7-15(8-4-13)21(2)18(23)12-26-19(24)14-5-9-16(10-6-14)25-11-17(20)22/h5-6,9-10,13,15H,3-4,7-8,11-12H2,1-2H3,(H2,20,22). The third-order valence-electron chi connectivity index (χ3n) is 4.72. The number of likely N-dealkylation sites (N-methyl/N-ethyl adjacent to an activating group) is 1. The highest BCUT2D eigenvalue weighted by molar-refractivity contribution is 5.91. The van der Waals surface area contributed by atoms with Gasteiger partial charge >= 0.3 is 5.97 Å². The third-order valence-corrected chi connectivity index (χ3v) is 4.72. The van der Waals surface area contributed by atoms with E-state index in [1.54, 1.807) is 11.9 Å². The average molecular weight is 362 g/mol. The lowest BCUT2D eigenvalue weighted by Crippen LogP contribution is -2.41. The topological polar surface area (TPSA) is 98.9 Å². The SMILES string of the molecule is CC1CCC(N(C)C(=O)COC(=O)c2ccc(OCC(N)=O)cc2)CC1. The summed E-state index contributed by atoms with van der Waals surface area (Å²) in [6.45, 7) is 1.72. The number of esters is 1. The highest BCUT2D eigenvalue weighted by Crippen LogP contribution is 2.26. The van der Waals surface area contributed by atoms with Gasteiger partial charge in [-0.1, -0.05) is 6.92 Å². The Morgan fingerprint density at radius 2 is 1.69 bits per heavy atom. The number of nitrogens with two attached hydrogens (primary N) is 1. The van der Waals surface area contributed by atoms with E-state index in [9.17, 15) is 14.4 Å². The van der Waals surface area contributed by atoms with E-state index < -0.39 is 11.9 Å². The normalized spacial score (nSPS) is 19.5. The summed E-state index contributed by atoms with van der Waals surface area (Å²) >= 11 is 0. The van der Waals surface area contributed by atoms with Crippen molar-refractivity contribution in [3.8, 4) is 5.75 Å². The maximum atomic E-state index is 12.2. The summed E-state index contributed by atoms with van der Waals surface area (Å²) in [7, 11) is 1.77. The molecule has 1 saturated carbocycles. The van der Waals surface area contributed by atoms with Crippen LogP contribution in [0.1, 0.15) is 43.0 Å². The lowest BCUT2D eigenvalue weighted by atomic mass is 9.87. The van der Waals surface area contributed by atoms with Gasteiger partial charge in [0, 0.05) is 13.1 Å². The lowest BCUT2D eigenvalue weighted by Gasteiger charge is -2.33. The molecular weight excluding hydrogens is 336 g/mol. The van der Waals surface area contributed by atoms with Crippen molar-refractivity contribution in [3.05, 3.63) is 29.8 Å². The molecule has 2 amide bonds. The number of benzene rings is 1. The molecule has 7 heteroatoms. The van der Waals surface area contributed by atoms with Gasteiger partial charge in [0.05, 0.1) is 5.56 Å². The van der Waals surface area contributed by atoms with Gasteiger partial charge in [0.2, 0.25) is 0 Å². The van der Waals surface area contributed by atoms with Crippen LogP contribution >= 0.6 is 0 Å². The summed E-state index contributed by atoms with van der Waals surface area (Å²) in [4.78, 5) is 36.7. The van der Waals surface area contributed by atoms with Gasteiger partial charge in [-0.3, -0.25) is 9.59 Å². The fourth-order valence-corrected chi connectivity index (χ4v) is 2.99. The van der Waals surface area contributed by atoms with E-state index in [1.165, 1.54) is 24.3 Å². The van der Waals surface area contributed by atoms with Crippen LogP contribution in [0.5, 0.6) is 5.75 Å². The monoisotopic (exact) mass is 362 g/mol. The molecule has 0 aliphatic heterocycles. The Labute approximate surface area is 153 Å². The van der Waals surface area contributed by atoms with E-state index in [-0.39, 0.29) is 25.2 Å². The molecule has 0 spiro atoms. The minimum Gasteiger partial charge on any atom is -0.484 e. The molecular formula is C19H26N2O5. The van der Waals surface area contributed by atoms with Gasteiger partial charge in [-0.25, -0.2) is 4.79 Å². The molecule has 2 N–H and O–H groups in total. The molecule has 26 heavy (non-hydrogen) atoms. The van der Waals surface area contributed by atoms with Crippen LogP contribution in [0.4, 0.5) is 0 Å². The second-order valence-electron chi connectivity index (χ2n) is 6.77. The average Bonchev–Trinajstić information content (AvgIpc) is 2.64. The molecule has 1 aliphatic carbocycles. The zero-order chi connectivity index (χ0) is 19.1. The van der Waals surface area contributed by atoms with Crippen molar-refractivity contribution >= 4 is 17.8 Å². The molecule has 0 atom stereocenters. The fraction of sp³-hybridized carbons (Fsp3) is 0.526. The number of carbonyl (C=O) groups excluding carboxylic acids is 3. The first-order valence-corrected chi connectivity index (χ1v) is 8.80. The van der Waals surface area contributed by atoms with E-state index in [0.717, 1.165) is 25.7 Å². The molecule has 0 aromatic heterocycles. The van der Waals surface area contributed by atoms with Crippen molar-refractivity contribution in [1.82, 2.24) is 4.90 Å². The number of rotatable bonds is 7. The minimum absolute atomic E-state index is 0.195. The van der Waals surface area contributed by atoms with Crippen LogP contribution in [0.25, 0.3) is 0 Å². The van der Waals surface area contributed by atoms with Crippen LogP contribution in [0.15, 0.2) is 24.3 Å². The molecule has 1 aliphatic rings. The number of ether oxygens (including phenoxy) is 2. The van der Waals surface area contributed by atoms with Gasteiger partial charge in [0.15, 0.2) is 13.2 Å². The van der Waals surface area contributed by atoms with Gasteiger partial charge in [-0.05, 0) is 55.9 Å². The molecule has 1 aromatic rings. The van der Waals surface area contributed by atoms with E-state index in [0.29, 0.717) is 17.2 Å². The van der Waals surface area contributed by atoms with E-state index in [1.807, 2.05) is 0 Å². The first kappa shape index (κ1) is 19.8. The summed E-state index contributed by atoms with van der Waals surface area (Å²) in [5, 5.41) is 0. The number of carbonyl (C=O) groups is 3. The quantitative estimate of drug-likeness (QED) is 0.745. The van der Waals surface area contributed by atoms with Crippen molar-refractivity contribution in [3.63, 3.8) is 0 Å². The van der Waals surface area contributed by atoms with Crippen LogP contribution < -0.4 is 10.5 Å². The highest BCUT2D eigenvalue weighted by atomic mass is 16.5. The van der Waals surface area contributed by atoms with Gasteiger partial charge in [-0.15, -0.1) is 0 Å². The maximum Gasteiger partial charge on any atom is 0.338 e. The predicted octanol–water partition coefficient (Wildman–Crippen LogP) is 1.74. The van der Waals surface area contributed by atoms with Gasteiger partial charge in [0.1, 0.15) is 5.75 Å². The molecule has 0 radical (unpaired) electrons. The summed E-state index contributed by atoms with van der Waals surface area (Å²) in [5.74, 6) is -0.224. The molecule has 2 rings (SSSR count). The first-order valence-electron chi connectivity index (χ1n) is 8.80. The Morgan fingerprint density at radius 3 is 2.27 bits per heavy atom. The Morgan fingerprint density at radius 1 is 1.08 bits per heavy atom. The van der Waals surface area contributed by atoms with E-state index >= 15 is 0 Å². The molecule has 0 saturated heterocycles. The minimum atomic E-state index is -0.580. The zero-order valence-corrected chi connectivity index (χ0v) is 15.3. The van der Waals surface area contributed by atoms with Crippen LogP contribution in [-0.4, -0.2) is 49.0 Å². The van der Waals surface area contributed by atoms with Crippen molar-refractivity contribution in [2.24, 2.45) is 11.7 Å². The molecule has 7 nitrogen and oxygen atoms in total. The van der Waals surface area contributed by atoms with Gasteiger partial charge in [-0.2, -0.15) is 0 Å². The molecule has 142 valence electrons. The van der Waals surface area contributed by atoms with Crippen LogP contribution in [0.3, 0.4) is 0 Å². The van der Waals surface area contributed by atoms with Crippen LogP contribution in [-0.2, 0) is 14.3 Å². The molecule has 1 aromatic carbocycles. The van der Waals surface area contributed by atoms with Crippen molar-refractivity contribution in [2.75, 3.05) is 20.3 Å². The number of hydrogen-bond donors (Lipinski definition) is 1. The molecule has 0 heterocycles. The Balaban J connectivity index is 1.80. The third kappa shape index (κ3) is 5.75. The molecule has 1 fully saturated rings. The second-order valence-corrected chi connectivity index (χ2v) is 6.77. The van der Waals surface area contributed by atoms with E-state index in [2.05, 4.69) is 6.92 Å². The summed E-state index contributed by atoms with van der Waals surface area (Å²) in [5.41, 5.74) is 5.30. The Bertz CT molecular complexity index is 636. The Hall–Kier alpha value is -2.57. The second kappa shape index (κ2) is 9.22. The van der Waals surface area contributed by atoms with Crippen LogP contribution in [0.2, 0.25) is 0 Å². The van der Waals surface area contributed by atoms with Gasteiger partial charge < -0.3 is 20.1 Å². The van der Waals surface area contributed by atoms with Crippen molar-refractivity contribution in [2.45, 2.75) is 38.6 Å². The van der Waals surface area contributed by atoms with Crippen molar-refractivity contribution < 1.29 is 23.9 Å². The summed E-state index contributed by atoms with van der Waals surface area (Å²) in [6.07, 6.45) is 4.22. The summed E-state index contributed by atoms with van der Waals surface area (Å²) < 4.78 is 10.2. The zero-order valence-electron chi connectivity index (χ0n) is 15.3. The smallest absolute Gasteiger partial charge is 0.338 e. The molecule has 0 unspecified atom stereocenters. The van der Waals surface area contributed by atoms with E-state index in [4.69, 9.17) is 15.2 Å². The highest BCUT2D eigenvalue weighted by Gasteiger charge is 2.25. The predicted molar refractivity (Wildman–Crippen MR) is 95.6 cm³/mol. The molecule has 0 bridgehead atoms. The van der Waals surface area contributed by atoms with Crippen molar-refractivity contribution in [1.29, 1.82) is 0 Å². The Kier molecular flexibility index (Phi) is 7.00. The fourth-order valence-electron chi connectivity index (χ4n) is 2.99. The first-order chi connectivity index (χ1) is 12.4. The maximum absolute atomic E-state index is 12.2. The van der Waals surface area contributed by atoms with Crippen LogP contribution in [0, 0.1) is 5.92 Å².